The van der Waals surface area contributed by atoms with Gasteiger partial charge in [0.25, 0.3) is 0 Å². The first kappa shape index (κ1) is 16.4. The highest BCUT2D eigenvalue weighted by atomic mass is 79.9. The third-order valence-corrected chi connectivity index (χ3v) is 2.88. The molecule has 0 spiro atoms. The number of halogens is 5. The molecule has 1 aromatic carbocycles. The lowest BCUT2D eigenvalue weighted by atomic mass is 10.2. The largest absolute Gasteiger partial charge is 0.522 e. The monoisotopic (exact) mass is 362 g/mol. The Bertz CT molecular complexity index is 401. The summed E-state index contributed by atoms with van der Waals surface area (Å²) in [6.45, 7) is -0.853. The maximum Gasteiger partial charge on any atom is 0.522 e. The van der Waals surface area contributed by atoms with Gasteiger partial charge in [-0.1, -0.05) is 27.5 Å². The van der Waals surface area contributed by atoms with Crippen LogP contribution in [0.3, 0.4) is 0 Å². The van der Waals surface area contributed by atoms with Gasteiger partial charge in [0.05, 0.1) is 13.7 Å². The minimum Gasteiger partial charge on any atom is -0.493 e. The number of hydrogen-bond acceptors (Lipinski definition) is 3. The second-order valence-electron chi connectivity index (χ2n) is 3.37. The number of alkyl halides is 4. The highest BCUT2D eigenvalue weighted by Gasteiger charge is 2.28. The summed E-state index contributed by atoms with van der Waals surface area (Å²) in [7, 11) is 1.42. The highest BCUT2D eigenvalue weighted by molar-refractivity contribution is 9.08. The third kappa shape index (κ3) is 5.46. The van der Waals surface area contributed by atoms with Crippen LogP contribution in [0.15, 0.2) is 12.1 Å². The zero-order valence-electron chi connectivity index (χ0n) is 9.89. The van der Waals surface area contributed by atoms with E-state index in [1.165, 1.54) is 13.2 Å². The molecule has 0 aromatic heterocycles. The second-order valence-corrected chi connectivity index (χ2v) is 4.37. The van der Waals surface area contributed by atoms with Crippen LogP contribution in [0.4, 0.5) is 13.2 Å². The summed E-state index contributed by atoms with van der Waals surface area (Å²) in [5.74, 6) is 0.698. The van der Waals surface area contributed by atoms with Gasteiger partial charge in [-0.05, 0) is 6.07 Å². The number of rotatable bonds is 6. The van der Waals surface area contributed by atoms with E-state index in [-0.39, 0.29) is 6.61 Å². The van der Waals surface area contributed by atoms with Gasteiger partial charge in [-0.2, -0.15) is 0 Å². The predicted molar refractivity (Wildman–Crippen MR) is 68.1 cm³/mol. The number of benzene rings is 1. The lowest BCUT2D eigenvalue weighted by Gasteiger charge is -2.15. The third-order valence-electron chi connectivity index (χ3n) is 2.06. The molecule has 0 unspecified atom stereocenters. The summed E-state index contributed by atoms with van der Waals surface area (Å²) >= 11 is 9.11. The van der Waals surface area contributed by atoms with Crippen molar-refractivity contribution in [2.75, 3.05) is 20.3 Å². The van der Waals surface area contributed by atoms with Crippen LogP contribution in [-0.4, -0.2) is 26.7 Å². The normalized spacial score (nSPS) is 11.5. The second kappa shape index (κ2) is 7.21. The molecule has 0 aliphatic carbocycles. The van der Waals surface area contributed by atoms with Gasteiger partial charge in [0.2, 0.25) is 0 Å². The average Bonchev–Trinajstić information content (AvgIpc) is 2.33. The van der Waals surface area contributed by atoms with E-state index in [2.05, 4.69) is 20.7 Å². The first-order valence-corrected chi connectivity index (χ1v) is 6.63. The molecule has 108 valence electrons. The Balaban J connectivity index is 2.71. The molecule has 0 saturated heterocycles. The van der Waals surface area contributed by atoms with Crippen LogP contribution in [-0.2, 0) is 10.1 Å². The lowest BCUT2D eigenvalue weighted by Crippen LogP contribution is -2.18. The number of methoxy groups -OCH3 is 1. The van der Waals surface area contributed by atoms with E-state index in [1.807, 2.05) is 0 Å². The van der Waals surface area contributed by atoms with Gasteiger partial charge in [-0.3, -0.25) is 4.74 Å². The fourth-order valence-corrected chi connectivity index (χ4v) is 1.99. The Hall–Kier alpha value is -0.660. The minimum absolute atomic E-state index is 0.252. The molecular weight excluding hydrogens is 352 g/mol. The minimum atomic E-state index is -4.66. The Kier molecular flexibility index (Phi) is 6.22. The maximum absolute atomic E-state index is 11.8. The quantitative estimate of drug-likeness (QED) is 0.561. The zero-order chi connectivity index (χ0) is 14.5. The van der Waals surface area contributed by atoms with Crippen LogP contribution in [0.1, 0.15) is 5.56 Å². The summed E-state index contributed by atoms with van der Waals surface area (Å²) in [6, 6.07) is 3.16. The first-order chi connectivity index (χ1) is 8.87. The van der Waals surface area contributed by atoms with E-state index in [4.69, 9.17) is 21.1 Å². The molecule has 0 heterocycles. The van der Waals surface area contributed by atoms with Gasteiger partial charge in [-0.15, -0.1) is 13.2 Å². The molecule has 0 amide bonds. The summed E-state index contributed by atoms with van der Waals surface area (Å²) in [5, 5.41) is 0.879. The van der Waals surface area contributed by atoms with Crippen molar-refractivity contribution in [1.29, 1.82) is 0 Å². The first-order valence-electron chi connectivity index (χ1n) is 5.13. The Morgan fingerprint density at radius 1 is 1.26 bits per heavy atom. The summed E-state index contributed by atoms with van der Waals surface area (Å²) in [4.78, 5) is 0. The summed E-state index contributed by atoms with van der Waals surface area (Å²) < 4.78 is 49.3. The van der Waals surface area contributed by atoms with E-state index in [1.54, 1.807) is 6.07 Å². The Morgan fingerprint density at radius 3 is 2.47 bits per heavy atom. The number of ether oxygens (including phenoxy) is 3. The van der Waals surface area contributed by atoms with Gasteiger partial charge < -0.3 is 9.47 Å². The van der Waals surface area contributed by atoms with E-state index < -0.39 is 13.0 Å². The molecule has 1 rings (SSSR count). The van der Waals surface area contributed by atoms with Crippen molar-refractivity contribution in [3.63, 3.8) is 0 Å². The molecule has 0 aliphatic rings. The maximum atomic E-state index is 11.8. The summed E-state index contributed by atoms with van der Waals surface area (Å²) in [6.07, 6.45) is -4.66. The molecule has 0 radical (unpaired) electrons. The van der Waals surface area contributed by atoms with Crippen LogP contribution < -0.4 is 9.47 Å². The molecule has 0 N–H and O–H groups in total. The topological polar surface area (TPSA) is 27.7 Å². The van der Waals surface area contributed by atoms with E-state index in [0.29, 0.717) is 27.4 Å². The fourth-order valence-electron chi connectivity index (χ4n) is 1.34. The van der Waals surface area contributed by atoms with Crippen LogP contribution in [0, 0.1) is 0 Å². The van der Waals surface area contributed by atoms with E-state index in [9.17, 15) is 13.2 Å². The molecule has 19 heavy (non-hydrogen) atoms. The van der Waals surface area contributed by atoms with Gasteiger partial charge in [0, 0.05) is 22.0 Å². The van der Waals surface area contributed by atoms with Crippen LogP contribution in [0.5, 0.6) is 11.5 Å². The van der Waals surface area contributed by atoms with Crippen molar-refractivity contribution in [2.45, 2.75) is 11.7 Å². The number of hydrogen-bond donors (Lipinski definition) is 0. The van der Waals surface area contributed by atoms with Gasteiger partial charge in [0.15, 0.2) is 11.5 Å². The molecule has 8 heteroatoms. The molecule has 0 aliphatic heterocycles. The standard InChI is InChI=1S/C11H11BrClF3O3/c1-17-9-5-8(13)4-7(6-12)10(9)18-2-3-19-11(14,15)16/h4-5H,2-3,6H2,1H3. The van der Waals surface area contributed by atoms with Crippen LogP contribution >= 0.6 is 27.5 Å². The van der Waals surface area contributed by atoms with Crippen molar-refractivity contribution in [3.8, 4) is 11.5 Å². The van der Waals surface area contributed by atoms with E-state index in [0.717, 1.165) is 0 Å². The van der Waals surface area contributed by atoms with Crippen LogP contribution in [0.25, 0.3) is 0 Å². The Labute approximate surface area is 121 Å². The average molecular weight is 364 g/mol. The smallest absolute Gasteiger partial charge is 0.493 e. The molecule has 0 bridgehead atoms. The molecule has 3 nitrogen and oxygen atoms in total. The zero-order valence-corrected chi connectivity index (χ0v) is 12.2. The van der Waals surface area contributed by atoms with Crippen molar-refractivity contribution in [2.24, 2.45) is 0 Å². The predicted octanol–water partition coefficient (Wildman–Crippen LogP) is 4.16. The molecular formula is C11H11BrClF3O3. The molecule has 0 atom stereocenters. The van der Waals surface area contributed by atoms with Gasteiger partial charge >= 0.3 is 6.36 Å². The SMILES string of the molecule is COc1cc(Cl)cc(CBr)c1OCCOC(F)(F)F. The van der Waals surface area contributed by atoms with Gasteiger partial charge in [0.1, 0.15) is 6.61 Å². The van der Waals surface area contributed by atoms with Crippen molar-refractivity contribution < 1.29 is 27.4 Å². The van der Waals surface area contributed by atoms with Crippen molar-refractivity contribution in [1.82, 2.24) is 0 Å². The molecule has 1 aromatic rings. The molecule has 0 fully saturated rings. The fraction of sp³-hybridized carbons (Fsp3) is 0.455. The van der Waals surface area contributed by atoms with Crippen molar-refractivity contribution in [3.05, 3.63) is 22.7 Å². The molecule has 0 saturated carbocycles. The lowest BCUT2D eigenvalue weighted by molar-refractivity contribution is -0.325. The van der Waals surface area contributed by atoms with Gasteiger partial charge in [-0.25, -0.2) is 0 Å². The van der Waals surface area contributed by atoms with Crippen LogP contribution in [0.2, 0.25) is 5.02 Å². The van der Waals surface area contributed by atoms with Crippen molar-refractivity contribution >= 4 is 27.5 Å². The Morgan fingerprint density at radius 2 is 1.95 bits per heavy atom. The highest BCUT2D eigenvalue weighted by Crippen LogP contribution is 2.35. The summed E-state index contributed by atoms with van der Waals surface area (Å²) in [5.41, 5.74) is 0.677. The van der Waals surface area contributed by atoms with E-state index >= 15 is 0 Å².